The molecule has 2 rings (SSSR count). The summed E-state index contributed by atoms with van der Waals surface area (Å²) < 4.78 is 0. The molecule has 2 saturated heterocycles. The van der Waals surface area contributed by atoms with Crippen molar-refractivity contribution >= 4 is 0 Å². The van der Waals surface area contributed by atoms with E-state index in [-0.39, 0.29) is 6.04 Å². The van der Waals surface area contributed by atoms with Gasteiger partial charge in [0.05, 0.1) is 0 Å². The van der Waals surface area contributed by atoms with Crippen molar-refractivity contribution in [3.05, 3.63) is 0 Å². The average Bonchev–Trinajstić information content (AvgIpc) is 2.62. The Bertz CT molecular complexity index is 217. The Morgan fingerprint density at radius 3 is 2.67 bits per heavy atom. The van der Waals surface area contributed by atoms with Gasteiger partial charge >= 0.3 is 0 Å². The number of fused-ring (bicyclic) bond motifs is 1. The number of rotatable bonds is 2. The zero-order chi connectivity index (χ0) is 11.0. The minimum Gasteiger partial charge on any atom is -0.327 e. The lowest BCUT2D eigenvalue weighted by atomic mass is 10.0. The van der Waals surface area contributed by atoms with Crippen LogP contribution in [-0.2, 0) is 0 Å². The molecular formula is C12H25N3. The van der Waals surface area contributed by atoms with Gasteiger partial charge in [0.25, 0.3) is 0 Å². The normalized spacial score (nSPS) is 37.6. The first-order valence-electron chi connectivity index (χ1n) is 6.35. The standard InChI is InChI=1S/C12H25N3/c1-9-7-14-6-4-5-12(14)8-15(9)11(3)10(2)13/h9-12H,4-8,13H2,1-3H3. The molecule has 0 spiro atoms. The summed E-state index contributed by atoms with van der Waals surface area (Å²) >= 11 is 0. The first kappa shape index (κ1) is 11.4. The van der Waals surface area contributed by atoms with Crippen molar-refractivity contribution < 1.29 is 0 Å². The molecule has 4 atom stereocenters. The molecular weight excluding hydrogens is 186 g/mol. The number of hydrogen-bond acceptors (Lipinski definition) is 3. The molecule has 3 nitrogen and oxygen atoms in total. The van der Waals surface area contributed by atoms with Gasteiger partial charge in [-0.25, -0.2) is 0 Å². The fourth-order valence-electron chi connectivity index (χ4n) is 3.08. The second kappa shape index (κ2) is 4.40. The molecule has 88 valence electrons. The van der Waals surface area contributed by atoms with Gasteiger partial charge in [0.2, 0.25) is 0 Å². The highest BCUT2D eigenvalue weighted by Gasteiger charge is 2.36. The molecule has 3 heteroatoms. The van der Waals surface area contributed by atoms with E-state index in [1.165, 1.54) is 32.5 Å². The molecule has 2 heterocycles. The Morgan fingerprint density at radius 1 is 1.27 bits per heavy atom. The van der Waals surface area contributed by atoms with E-state index in [0.717, 1.165) is 6.04 Å². The molecule has 0 amide bonds. The van der Waals surface area contributed by atoms with E-state index in [9.17, 15) is 0 Å². The van der Waals surface area contributed by atoms with Crippen molar-refractivity contribution in [3.8, 4) is 0 Å². The fourth-order valence-corrected chi connectivity index (χ4v) is 3.08. The summed E-state index contributed by atoms with van der Waals surface area (Å²) in [5, 5.41) is 0. The summed E-state index contributed by atoms with van der Waals surface area (Å²) in [6, 6.07) is 2.27. The lowest BCUT2D eigenvalue weighted by Gasteiger charge is -2.46. The van der Waals surface area contributed by atoms with Crippen molar-refractivity contribution in [3.63, 3.8) is 0 Å². The molecule has 0 aromatic heterocycles. The van der Waals surface area contributed by atoms with E-state index in [1.54, 1.807) is 0 Å². The van der Waals surface area contributed by atoms with Crippen LogP contribution < -0.4 is 5.73 Å². The Hall–Kier alpha value is -0.120. The zero-order valence-corrected chi connectivity index (χ0v) is 10.3. The van der Waals surface area contributed by atoms with Crippen LogP contribution in [0.15, 0.2) is 0 Å². The molecule has 0 aliphatic carbocycles. The average molecular weight is 211 g/mol. The summed E-state index contributed by atoms with van der Waals surface area (Å²) in [6.07, 6.45) is 2.77. The topological polar surface area (TPSA) is 32.5 Å². The maximum Gasteiger partial charge on any atom is 0.0224 e. The van der Waals surface area contributed by atoms with Crippen LogP contribution in [0.25, 0.3) is 0 Å². The maximum absolute atomic E-state index is 6.01. The third-order valence-electron chi connectivity index (χ3n) is 4.27. The minimum absolute atomic E-state index is 0.278. The summed E-state index contributed by atoms with van der Waals surface area (Å²) in [5.41, 5.74) is 6.01. The van der Waals surface area contributed by atoms with E-state index in [2.05, 4.69) is 30.6 Å². The predicted molar refractivity (Wildman–Crippen MR) is 63.9 cm³/mol. The van der Waals surface area contributed by atoms with Gasteiger partial charge in [0, 0.05) is 37.3 Å². The molecule has 2 N–H and O–H groups in total. The van der Waals surface area contributed by atoms with Gasteiger partial charge in [-0.1, -0.05) is 0 Å². The lowest BCUT2D eigenvalue weighted by molar-refractivity contribution is 0.0272. The van der Waals surface area contributed by atoms with Crippen LogP contribution in [0.2, 0.25) is 0 Å². The van der Waals surface area contributed by atoms with Gasteiger partial charge in [0.15, 0.2) is 0 Å². The molecule has 2 aliphatic rings. The monoisotopic (exact) mass is 211 g/mol. The first-order chi connectivity index (χ1) is 7.09. The molecule has 4 unspecified atom stereocenters. The van der Waals surface area contributed by atoms with Gasteiger partial charge in [-0.2, -0.15) is 0 Å². The summed E-state index contributed by atoms with van der Waals surface area (Å²) in [5.74, 6) is 0. The molecule has 0 bridgehead atoms. The van der Waals surface area contributed by atoms with E-state index in [0.29, 0.717) is 12.1 Å². The molecule has 0 saturated carbocycles. The van der Waals surface area contributed by atoms with E-state index >= 15 is 0 Å². The molecule has 0 radical (unpaired) electrons. The molecule has 15 heavy (non-hydrogen) atoms. The van der Waals surface area contributed by atoms with E-state index < -0.39 is 0 Å². The van der Waals surface area contributed by atoms with Gasteiger partial charge in [-0.05, 0) is 40.2 Å². The van der Waals surface area contributed by atoms with Gasteiger partial charge in [-0.3, -0.25) is 9.80 Å². The quantitative estimate of drug-likeness (QED) is 0.736. The molecule has 0 aromatic carbocycles. The smallest absolute Gasteiger partial charge is 0.0224 e. The maximum atomic E-state index is 6.01. The molecule has 2 aliphatic heterocycles. The first-order valence-corrected chi connectivity index (χ1v) is 6.35. The van der Waals surface area contributed by atoms with Crippen molar-refractivity contribution in [2.75, 3.05) is 19.6 Å². The number of nitrogens with two attached hydrogens (primary N) is 1. The highest BCUT2D eigenvalue weighted by atomic mass is 15.3. The van der Waals surface area contributed by atoms with E-state index in [4.69, 9.17) is 5.73 Å². The van der Waals surface area contributed by atoms with Gasteiger partial charge < -0.3 is 5.73 Å². The third kappa shape index (κ3) is 2.19. The highest BCUT2D eigenvalue weighted by Crippen LogP contribution is 2.26. The lowest BCUT2D eigenvalue weighted by Crippen LogP contribution is -2.60. The third-order valence-corrected chi connectivity index (χ3v) is 4.27. The predicted octanol–water partition coefficient (Wildman–Crippen LogP) is 0.891. The highest BCUT2D eigenvalue weighted by molar-refractivity contribution is 4.93. The van der Waals surface area contributed by atoms with Crippen molar-refractivity contribution in [2.45, 2.75) is 57.8 Å². The van der Waals surface area contributed by atoms with Crippen LogP contribution in [0.1, 0.15) is 33.6 Å². The largest absolute Gasteiger partial charge is 0.327 e. The van der Waals surface area contributed by atoms with Crippen LogP contribution >= 0.6 is 0 Å². The van der Waals surface area contributed by atoms with Gasteiger partial charge in [-0.15, -0.1) is 0 Å². The Labute approximate surface area is 93.6 Å². The number of nitrogens with zero attached hydrogens (tertiary/aromatic N) is 2. The summed E-state index contributed by atoms with van der Waals surface area (Å²) in [7, 11) is 0. The van der Waals surface area contributed by atoms with Crippen LogP contribution in [0.5, 0.6) is 0 Å². The summed E-state index contributed by atoms with van der Waals surface area (Å²) in [6.45, 7) is 10.5. The van der Waals surface area contributed by atoms with Crippen molar-refractivity contribution in [2.24, 2.45) is 5.73 Å². The Morgan fingerprint density at radius 2 is 2.00 bits per heavy atom. The van der Waals surface area contributed by atoms with Crippen LogP contribution in [0.4, 0.5) is 0 Å². The van der Waals surface area contributed by atoms with Crippen molar-refractivity contribution in [1.82, 2.24) is 9.80 Å². The Kier molecular flexibility index (Phi) is 3.33. The second-order valence-corrected chi connectivity index (χ2v) is 5.44. The SMILES string of the molecule is CC(N)C(C)N1CC2CCCN2CC1C. The molecule has 0 aromatic rings. The van der Waals surface area contributed by atoms with Crippen LogP contribution in [0, 0.1) is 0 Å². The fraction of sp³-hybridized carbons (Fsp3) is 1.00. The van der Waals surface area contributed by atoms with Crippen LogP contribution in [0.3, 0.4) is 0 Å². The summed E-state index contributed by atoms with van der Waals surface area (Å²) in [4.78, 5) is 5.27. The Balaban J connectivity index is 2.00. The van der Waals surface area contributed by atoms with E-state index in [1.807, 2.05) is 0 Å². The number of hydrogen-bond donors (Lipinski definition) is 1. The van der Waals surface area contributed by atoms with Crippen LogP contribution in [-0.4, -0.2) is 53.6 Å². The van der Waals surface area contributed by atoms with Gasteiger partial charge in [0.1, 0.15) is 0 Å². The number of piperazine rings is 1. The van der Waals surface area contributed by atoms with Crippen molar-refractivity contribution in [1.29, 1.82) is 0 Å². The zero-order valence-electron chi connectivity index (χ0n) is 10.3. The minimum atomic E-state index is 0.278. The second-order valence-electron chi connectivity index (χ2n) is 5.44. The molecule has 2 fully saturated rings.